The van der Waals surface area contributed by atoms with Crippen LogP contribution in [0.2, 0.25) is 0 Å². The summed E-state index contributed by atoms with van der Waals surface area (Å²) in [5, 5.41) is 8.93. The molecule has 1 aliphatic rings. The molecule has 0 radical (unpaired) electrons. The van der Waals surface area contributed by atoms with Gasteiger partial charge in [0.2, 0.25) is 5.91 Å². The van der Waals surface area contributed by atoms with Gasteiger partial charge in [-0.25, -0.2) is 8.42 Å². The summed E-state index contributed by atoms with van der Waals surface area (Å²) in [6, 6.07) is 9.31. The maximum atomic E-state index is 12.7. The molecule has 0 spiro atoms. The highest BCUT2D eigenvalue weighted by atomic mass is 32.2. The maximum Gasteiger partial charge on any atom is 0.233 e. The average Bonchev–Trinajstić information content (AvgIpc) is 2.94. The van der Waals surface area contributed by atoms with Gasteiger partial charge in [-0.2, -0.15) is 5.26 Å². The molecule has 5 nitrogen and oxygen atoms in total. The Balaban J connectivity index is 1.96. The summed E-state index contributed by atoms with van der Waals surface area (Å²) in [6.45, 7) is 3.98. The summed E-state index contributed by atoms with van der Waals surface area (Å²) in [4.78, 5) is 14.5. The first kappa shape index (κ1) is 19.8. The first-order valence-electron chi connectivity index (χ1n) is 8.44. The van der Waals surface area contributed by atoms with E-state index in [1.807, 2.05) is 32.0 Å². The minimum Gasteiger partial charge on any atom is -0.335 e. The molecule has 7 heteroatoms. The SMILES string of the molecule is CC[C@@H](C)N(C(=O)CSCc1cccc(C#N)c1)[C@@H]1CCS(=O)(=O)C1. The number of carbonyl (C=O) groups is 1. The van der Waals surface area contributed by atoms with Crippen molar-refractivity contribution < 1.29 is 13.2 Å². The van der Waals surface area contributed by atoms with Crippen molar-refractivity contribution in [1.29, 1.82) is 5.26 Å². The molecule has 1 heterocycles. The molecule has 1 aliphatic heterocycles. The third-order valence-electron chi connectivity index (χ3n) is 4.51. The van der Waals surface area contributed by atoms with Crippen molar-refractivity contribution in [3.8, 4) is 6.07 Å². The summed E-state index contributed by atoms with van der Waals surface area (Å²) >= 11 is 1.50. The van der Waals surface area contributed by atoms with Crippen molar-refractivity contribution in [3.63, 3.8) is 0 Å². The van der Waals surface area contributed by atoms with Crippen molar-refractivity contribution in [2.45, 2.75) is 44.5 Å². The number of hydrogen-bond donors (Lipinski definition) is 0. The van der Waals surface area contributed by atoms with Crippen molar-refractivity contribution in [1.82, 2.24) is 4.90 Å². The number of benzene rings is 1. The standard InChI is InChI=1S/C18H24N2O3S2/c1-3-14(2)20(17-7-8-25(22,23)13-17)18(21)12-24-11-16-6-4-5-15(9-16)10-19/h4-6,9,14,17H,3,7-8,11-13H2,1-2H3/t14-,17-/m1/s1. The van der Waals surface area contributed by atoms with Gasteiger partial charge in [0, 0.05) is 17.8 Å². The molecule has 1 aromatic carbocycles. The minimum atomic E-state index is -3.02. The van der Waals surface area contributed by atoms with Crippen LogP contribution >= 0.6 is 11.8 Å². The first-order chi connectivity index (χ1) is 11.9. The largest absolute Gasteiger partial charge is 0.335 e. The van der Waals surface area contributed by atoms with Gasteiger partial charge in [0.25, 0.3) is 0 Å². The average molecular weight is 381 g/mol. The van der Waals surface area contributed by atoms with Gasteiger partial charge in [-0.05, 0) is 37.5 Å². The van der Waals surface area contributed by atoms with Gasteiger partial charge in [0.1, 0.15) is 0 Å². The molecule has 0 aromatic heterocycles. The van der Waals surface area contributed by atoms with E-state index in [9.17, 15) is 13.2 Å². The predicted octanol–water partition coefficient (Wildman–Crippen LogP) is 2.61. The summed E-state index contributed by atoms with van der Waals surface area (Å²) in [5.74, 6) is 1.22. The zero-order valence-electron chi connectivity index (χ0n) is 14.6. The van der Waals surface area contributed by atoms with Crippen molar-refractivity contribution >= 4 is 27.5 Å². The monoisotopic (exact) mass is 380 g/mol. The molecule has 2 rings (SSSR count). The van der Waals surface area contributed by atoms with E-state index in [0.717, 1.165) is 12.0 Å². The van der Waals surface area contributed by atoms with E-state index in [0.29, 0.717) is 23.5 Å². The number of amides is 1. The molecule has 0 aliphatic carbocycles. The van der Waals surface area contributed by atoms with Crippen molar-refractivity contribution in [2.75, 3.05) is 17.3 Å². The van der Waals surface area contributed by atoms with Gasteiger partial charge in [0.05, 0.1) is 28.9 Å². The molecular formula is C18H24N2O3S2. The first-order valence-corrected chi connectivity index (χ1v) is 11.4. The van der Waals surface area contributed by atoms with E-state index in [-0.39, 0.29) is 29.5 Å². The van der Waals surface area contributed by atoms with E-state index in [1.165, 1.54) is 11.8 Å². The Morgan fingerprint density at radius 3 is 2.84 bits per heavy atom. The van der Waals surface area contributed by atoms with E-state index in [1.54, 1.807) is 11.0 Å². The molecule has 0 bridgehead atoms. The Bertz CT molecular complexity index is 756. The molecule has 0 unspecified atom stereocenters. The quantitative estimate of drug-likeness (QED) is 0.726. The van der Waals surface area contributed by atoms with Gasteiger partial charge in [0.15, 0.2) is 9.84 Å². The molecule has 0 N–H and O–H groups in total. The van der Waals surface area contributed by atoms with Crippen LogP contribution in [0, 0.1) is 11.3 Å². The van der Waals surface area contributed by atoms with E-state index >= 15 is 0 Å². The number of hydrogen-bond acceptors (Lipinski definition) is 5. The lowest BCUT2D eigenvalue weighted by molar-refractivity contribution is -0.132. The summed E-state index contributed by atoms with van der Waals surface area (Å²) in [6.07, 6.45) is 1.34. The van der Waals surface area contributed by atoms with Crippen LogP contribution in [0.1, 0.15) is 37.8 Å². The van der Waals surface area contributed by atoms with Crippen LogP contribution in [-0.2, 0) is 20.4 Å². The Morgan fingerprint density at radius 2 is 2.24 bits per heavy atom. The Hall–Kier alpha value is -1.52. The molecule has 0 saturated carbocycles. The smallest absolute Gasteiger partial charge is 0.233 e. The number of carbonyl (C=O) groups excluding carboxylic acids is 1. The second kappa shape index (κ2) is 8.72. The van der Waals surface area contributed by atoms with Gasteiger partial charge in [-0.1, -0.05) is 19.1 Å². The van der Waals surface area contributed by atoms with Gasteiger partial charge in [-0.15, -0.1) is 11.8 Å². The fourth-order valence-electron chi connectivity index (χ4n) is 3.06. The van der Waals surface area contributed by atoms with Crippen LogP contribution in [0.3, 0.4) is 0 Å². The molecule has 1 fully saturated rings. The highest BCUT2D eigenvalue weighted by molar-refractivity contribution is 7.99. The van der Waals surface area contributed by atoms with Gasteiger partial charge in [-0.3, -0.25) is 4.79 Å². The Labute approximate surface area is 154 Å². The van der Waals surface area contributed by atoms with Gasteiger partial charge < -0.3 is 4.90 Å². The highest BCUT2D eigenvalue weighted by Crippen LogP contribution is 2.23. The number of thioether (sulfide) groups is 1. The highest BCUT2D eigenvalue weighted by Gasteiger charge is 2.36. The molecular weight excluding hydrogens is 356 g/mol. The maximum absolute atomic E-state index is 12.7. The van der Waals surface area contributed by atoms with E-state index in [2.05, 4.69) is 6.07 Å². The van der Waals surface area contributed by atoms with Crippen LogP contribution in [-0.4, -0.2) is 48.6 Å². The third kappa shape index (κ3) is 5.48. The van der Waals surface area contributed by atoms with Gasteiger partial charge >= 0.3 is 0 Å². The van der Waals surface area contributed by atoms with Crippen LogP contribution < -0.4 is 0 Å². The molecule has 25 heavy (non-hydrogen) atoms. The zero-order valence-corrected chi connectivity index (χ0v) is 16.3. The summed E-state index contributed by atoms with van der Waals surface area (Å²) < 4.78 is 23.5. The number of nitrogens with zero attached hydrogens (tertiary/aromatic N) is 2. The second-order valence-electron chi connectivity index (χ2n) is 6.42. The fraction of sp³-hybridized carbons (Fsp3) is 0.556. The summed E-state index contributed by atoms with van der Waals surface area (Å²) in [5.41, 5.74) is 1.62. The number of rotatable bonds is 7. The van der Waals surface area contributed by atoms with Crippen LogP contribution in [0.5, 0.6) is 0 Å². The van der Waals surface area contributed by atoms with Crippen LogP contribution in [0.15, 0.2) is 24.3 Å². The molecule has 1 amide bonds. The topological polar surface area (TPSA) is 78.2 Å². The fourth-order valence-corrected chi connectivity index (χ4v) is 5.61. The lowest BCUT2D eigenvalue weighted by atomic mass is 10.1. The Morgan fingerprint density at radius 1 is 1.48 bits per heavy atom. The lowest BCUT2D eigenvalue weighted by Crippen LogP contribution is -2.47. The van der Waals surface area contributed by atoms with Crippen LogP contribution in [0.25, 0.3) is 0 Å². The number of nitriles is 1. The normalized spacial score (nSPS) is 20.0. The molecule has 2 atom stereocenters. The van der Waals surface area contributed by atoms with E-state index < -0.39 is 9.84 Å². The molecule has 1 aromatic rings. The second-order valence-corrected chi connectivity index (χ2v) is 9.63. The summed E-state index contributed by atoms with van der Waals surface area (Å²) in [7, 11) is -3.02. The third-order valence-corrected chi connectivity index (χ3v) is 7.24. The molecule has 136 valence electrons. The molecule has 1 saturated heterocycles. The lowest BCUT2D eigenvalue weighted by Gasteiger charge is -2.33. The zero-order chi connectivity index (χ0) is 18.4. The predicted molar refractivity (Wildman–Crippen MR) is 101 cm³/mol. The van der Waals surface area contributed by atoms with E-state index in [4.69, 9.17) is 5.26 Å². The van der Waals surface area contributed by atoms with Crippen molar-refractivity contribution in [3.05, 3.63) is 35.4 Å². The minimum absolute atomic E-state index is 0.00196. The van der Waals surface area contributed by atoms with Crippen molar-refractivity contribution in [2.24, 2.45) is 0 Å². The Kier molecular flexibility index (Phi) is 6.91. The number of sulfone groups is 1. The van der Waals surface area contributed by atoms with Crippen LogP contribution in [0.4, 0.5) is 0 Å².